The number of para-hydroxylation sites is 1. The molecule has 0 unspecified atom stereocenters. The number of H-pyrrole nitrogens is 1. The molecule has 2 heterocycles. The van der Waals surface area contributed by atoms with Crippen molar-refractivity contribution in [2.45, 2.75) is 33.2 Å². The van der Waals surface area contributed by atoms with E-state index in [1.165, 1.54) is 0 Å². The average molecular weight is 541 g/mol. The summed E-state index contributed by atoms with van der Waals surface area (Å²) in [5.74, 6) is 0.711. The maximum absolute atomic E-state index is 14.0. The number of nitrogens with one attached hydrogen (secondary N) is 1. The monoisotopic (exact) mass is 540 g/mol. The van der Waals surface area contributed by atoms with Gasteiger partial charge in [-0.2, -0.15) is 0 Å². The number of amides is 2. The Kier molecular flexibility index (Phi) is 6.98. The fourth-order valence-corrected chi connectivity index (χ4v) is 5.65. The van der Waals surface area contributed by atoms with E-state index in [-0.39, 0.29) is 17.9 Å². The van der Waals surface area contributed by atoms with Gasteiger partial charge in [0.25, 0.3) is 11.8 Å². The SMILES string of the molecule is Cc1nc2c([nH]1)CCN(C(=O)c1ccc(N(C(=O)c3ccccc3-c3ccccc3)C(C)C)cc1)c1ccccc1-2. The summed E-state index contributed by atoms with van der Waals surface area (Å²) in [7, 11) is 0. The second kappa shape index (κ2) is 10.9. The van der Waals surface area contributed by atoms with E-state index in [0.717, 1.165) is 45.3 Å². The number of imidazole rings is 1. The van der Waals surface area contributed by atoms with Gasteiger partial charge in [0.05, 0.1) is 11.4 Å². The predicted octanol–water partition coefficient (Wildman–Crippen LogP) is 7.31. The first kappa shape index (κ1) is 26.3. The maximum atomic E-state index is 14.0. The first-order valence-corrected chi connectivity index (χ1v) is 14.0. The molecule has 4 aromatic carbocycles. The van der Waals surface area contributed by atoms with E-state index in [1.807, 2.05) is 129 Å². The molecule has 0 saturated heterocycles. The molecule has 0 spiro atoms. The van der Waals surface area contributed by atoms with E-state index < -0.39 is 0 Å². The number of anilines is 2. The lowest BCUT2D eigenvalue weighted by Crippen LogP contribution is -2.37. The van der Waals surface area contributed by atoms with Gasteiger partial charge < -0.3 is 14.8 Å². The molecule has 1 N–H and O–H groups in total. The van der Waals surface area contributed by atoms with Crippen molar-refractivity contribution in [1.29, 1.82) is 0 Å². The molecule has 0 fully saturated rings. The summed E-state index contributed by atoms with van der Waals surface area (Å²) < 4.78 is 0. The highest BCUT2D eigenvalue weighted by atomic mass is 16.2. The topological polar surface area (TPSA) is 69.3 Å². The molecule has 1 aromatic heterocycles. The minimum atomic E-state index is -0.0877. The Morgan fingerprint density at radius 2 is 1.49 bits per heavy atom. The Labute approximate surface area is 240 Å². The molecule has 6 heteroatoms. The van der Waals surface area contributed by atoms with Gasteiger partial charge in [-0.05, 0) is 68.3 Å². The second-order valence-electron chi connectivity index (χ2n) is 10.6. The van der Waals surface area contributed by atoms with Crippen LogP contribution in [0.5, 0.6) is 0 Å². The van der Waals surface area contributed by atoms with Crippen LogP contribution in [0.25, 0.3) is 22.4 Å². The quantitative estimate of drug-likeness (QED) is 0.254. The summed E-state index contributed by atoms with van der Waals surface area (Å²) in [5.41, 5.74) is 7.59. The summed E-state index contributed by atoms with van der Waals surface area (Å²) >= 11 is 0. The second-order valence-corrected chi connectivity index (χ2v) is 10.6. The molecule has 6 rings (SSSR count). The van der Waals surface area contributed by atoms with E-state index in [4.69, 9.17) is 4.98 Å². The van der Waals surface area contributed by atoms with E-state index in [2.05, 4.69) is 4.98 Å². The minimum absolute atomic E-state index is 0.0797. The van der Waals surface area contributed by atoms with Crippen LogP contribution in [0.2, 0.25) is 0 Å². The molecule has 0 atom stereocenters. The lowest BCUT2D eigenvalue weighted by atomic mass is 9.98. The minimum Gasteiger partial charge on any atom is -0.346 e. The zero-order valence-corrected chi connectivity index (χ0v) is 23.5. The largest absolute Gasteiger partial charge is 0.346 e. The van der Waals surface area contributed by atoms with E-state index in [9.17, 15) is 9.59 Å². The molecule has 0 saturated carbocycles. The van der Waals surface area contributed by atoms with Crippen LogP contribution >= 0.6 is 0 Å². The van der Waals surface area contributed by atoms with Crippen LogP contribution in [0.4, 0.5) is 11.4 Å². The van der Waals surface area contributed by atoms with Crippen molar-refractivity contribution >= 4 is 23.2 Å². The van der Waals surface area contributed by atoms with Gasteiger partial charge >= 0.3 is 0 Å². The molecular formula is C35H32N4O2. The van der Waals surface area contributed by atoms with Crippen molar-refractivity contribution in [1.82, 2.24) is 9.97 Å². The summed E-state index contributed by atoms with van der Waals surface area (Å²) in [6.45, 7) is 6.49. The van der Waals surface area contributed by atoms with Gasteiger partial charge in [0.1, 0.15) is 5.82 Å². The molecule has 2 amide bonds. The van der Waals surface area contributed by atoms with Crippen molar-refractivity contribution in [3.63, 3.8) is 0 Å². The molecule has 1 aliphatic rings. The normalized spacial score (nSPS) is 12.4. The van der Waals surface area contributed by atoms with Crippen molar-refractivity contribution in [2.24, 2.45) is 0 Å². The zero-order valence-electron chi connectivity index (χ0n) is 23.5. The summed E-state index contributed by atoms with van der Waals surface area (Å²) in [5, 5.41) is 0. The molecule has 0 radical (unpaired) electrons. The lowest BCUT2D eigenvalue weighted by molar-refractivity contribution is 0.0977. The van der Waals surface area contributed by atoms with Crippen molar-refractivity contribution in [3.8, 4) is 22.4 Å². The predicted molar refractivity (Wildman–Crippen MR) is 164 cm³/mol. The molecule has 0 bridgehead atoms. The Bertz CT molecular complexity index is 1720. The van der Waals surface area contributed by atoms with Crippen molar-refractivity contribution in [2.75, 3.05) is 16.3 Å². The van der Waals surface area contributed by atoms with Gasteiger partial charge in [-0.1, -0.05) is 66.7 Å². The number of hydrogen-bond donors (Lipinski definition) is 1. The van der Waals surface area contributed by atoms with Crippen LogP contribution in [0.1, 0.15) is 46.1 Å². The number of hydrogen-bond acceptors (Lipinski definition) is 3. The molecule has 41 heavy (non-hydrogen) atoms. The van der Waals surface area contributed by atoms with Crippen LogP contribution in [-0.2, 0) is 6.42 Å². The highest BCUT2D eigenvalue weighted by Crippen LogP contribution is 2.36. The van der Waals surface area contributed by atoms with Gasteiger partial charge in [-0.3, -0.25) is 9.59 Å². The Morgan fingerprint density at radius 3 is 2.22 bits per heavy atom. The molecular weight excluding hydrogens is 508 g/mol. The number of nitrogens with zero attached hydrogens (tertiary/aromatic N) is 3. The first-order chi connectivity index (χ1) is 19.9. The van der Waals surface area contributed by atoms with Gasteiger partial charge in [0.15, 0.2) is 0 Å². The maximum Gasteiger partial charge on any atom is 0.259 e. The summed E-state index contributed by atoms with van der Waals surface area (Å²) in [6, 6.07) is 32.9. The van der Waals surface area contributed by atoms with Crippen LogP contribution in [0.15, 0.2) is 103 Å². The average Bonchev–Trinajstić information content (AvgIpc) is 3.31. The van der Waals surface area contributed by atoms with Crippen LogP contribution in [0.3, 0.4) is 0 Å². The molecule has 5 aromatic rings. The van der Waals surface area contributed by atoms with E-state index in [1.54, 1.807) is 4.90 Å². The van der Waals surface area contributed by atoms with Gasteiger partial charge in [-0.25, -0.2) is 4.98 Å². The number of aromatic amines is 1. The number of rotatable bonds is 5. The highest BCUT2D eigenvalue weighted by molar-refractivity contribution is 6.11. The van der Waals surface area contributed by atoms with Crippen molar-refractivity contribution < 1.29 is 9.59 Å². The summed E-state index contributed by atoms with van der Waals surface area (Å²) in [4.78, 5) is 39.5. The summed E-state index contributed by atoms with van der Waals surface area (Å²) in [6.07, 6.45) is 0.686. The Morgan fingerprint density at radius 1 is 0.829 bits per heavy atom. The Balaban J connectivity index is 1.30. The number of carbonyl (C=O) groups excluding carboxylic acids is 2. The van der Waals surface area contributed by atoms with Crippen LogP contribution in [-0.4, -0.2) is 34.4 Å². The molecule has 6 nitrogen and oxygen atoms in total. The van der Waals surface area contributed by atoms with Crippen LogP contribution in [0, 0.1) is 6.92 Å². The first-order valence-electron chi connectivity index (χ1n) is 14.0. The van der Waals surface area contributed by atoms with E-state index >= 15 is 0 Å². The third-order valence-electron chi connectivity index (χ3n) is 7.55. The van der Waals surface area contributed by atoms with Crippen LogP contribution < -0.4 is 9.80 Å². The number of aryl methyl sites for hydroxylation is 1. The van der Waals surface area contributed by atoms with Gasteiger partial charge in [0.2, 0.25) is 0 Å². The number of carbonyl (C=O) groups is 2. The number of fused-ring (bicyclic) bond motifs is 3. The van der Waals surface area contributed by atoms with Gasteiger partial charge in [0, 0.05) is 47.1 Å². The zero-order chi connectivity index (χ0) is 28.5. The molecule has 0 aliphatic carbocycles. The molecule has 204 valence electrons. The lowest BCUT2D eigenvalue weighted by Gasteiger charge is -2.28. The fourth-order valence-electron chi connectivity index (χ4n) is 5.65. The Hall–Kier alpha value is -4.97. The smallest absolute Gasteiger partial charge is 0.259 e. The van der Waals surface area contributed by atoms with E-state index in [0.29, 0.717) is 24.1 Å². The fraction of sp³-hybridized carbons (Fsp3) is 0.171. The number of aromatic nitrogens is 2. The third-order valence-corrected chi connectivity index (χ3v) is 7.55. The molecule has 1 aliphatic heterocycles. The third kappa shape index (κ3) is 4.93. The highest BCUT2D eigenvalue weighted by Gasteiger charge is 2.28. The standard InChI is InChI=1S/C35H32N4O2/c1-23(2)39(35(41)29-14-8-7-13-28(29)25-11-5-4-6-12-25)27-19-17-26(18-20-27)34(40)38-22-21-31-33(37-24(3)36-31)30-15-9-10-16-32(30)38/h4-20,23H,21-22H2,1-3H3,(H,36,37). The van der Waals surface area contributed by atoms with Crippen molar-refractivity contribution in [3.05, 3.63) is 126 Å². The van der Waals surface area contributed by atoms with Gasteiger partial charge in [-0.15, -0.1) is 0 Å². The number of benzene rings is 4.